The van der Waals surface area contributed by atoms with Crippen molar-refractivity contribution < 1.29 is 4.79 Å². The van der Waals surface area contributed by atoms with Crippen molar-refractivity contribution in [1.82, 2.24) is 15.5 Å². The van der Waals surface area contributed by atoms with E-state index in [-0.39, 0.29) is 5.91 Å². The molecule has 2 aromatic rings. The molecule has 4 rings (SSSR count). The van der Waals surface area contributed by atoms with Crippen LogP contribution in [0, 0.1) is 0 Å². The first kappa shape index (κ1) is 21.4. The lowest BCUT2D eigenvalue weighted by atomic mass is 10.00. The van der Waals surface area contributed by atoms with Gasteiger partial charge in [-0.05, 0) is 48.6 Å². The Balaban J connectivity index is 1.27. The topological polar surface area (TPSA) is 60.0 Å². The number of carbonyl (C=O) groups is 1. The highest BCUT2D eigenvalue weighted by molar-refractivity contribution is 5.95. The van der Waals surface area contributed by atoms with Crippen molar-refractivity contribution in [3.63, 3.8) is 0 Å². The van der Waals surface area contributed by atoms with Gasteiger partial charge in [0.25, 0.3) is 0 Å². The molecule has 1 amide bonds. The minimum atomic E-state index is 0.224. The summed E-state index contributed by atoms with van der Waals surface area (Å²) >= 11 is 0. The Bertz CT molecular complexity index is 908. The van der Waals surface area contributed by atoms with Gasteiger partial charge in [0.1, 0.15) is 0 Å². The summed E-state index contributed by atoms with van der Waals surface area (Å²) in [4.78, 5) is 21.0. The fourth-order valence-electron chi connectivity index (χ4n) is 4.29. The summed E-state index contributed by atoms with van der Waals surface area (Å²) in [5.41, 5.74) is 5.07. The molecular weight excluding hydrogens is 386 g/mol. The van der Waals surface area contributed by atoms with Crippen molar-refractivity contribution >= 4 is 17.6 Å². The second-order valence-corrected chi connectivity index (χ2v) is 8.23. The summed E-state index contributed by atoms with van der Waals surface area (Å²) in [5.74, 6) is 1.07. The first-order valence-corrected chi connectivity index (χ1v) is 11.4. The van der Waals surface area contributed by atoms with Gasteiger partial charge < -0.3 is 15.5 Å². The van der Waals surface area contributed by atoms with Crippen LogP contribution in [0.3, 0.4) is 0 Å². The Morgan fingerprint density at radius 2 is 1.81 bits per heavy atom. The van der Waals surface area contributed by atoms with Gasteiger partial charge in [-0.15, -0.1) is 0 Å². The molecule has 2 heterocycles. The van der Waals surface area contributed by atoms with E-state index in [0.29, 0.717) is 13.0 Å². The zero-order chi connectivity index (χ0) is 21.5. The lowest BCUT2D eigenvalue weighted by Gasteiger charge is -2.28. The van der Waals surface area contributed by atoms with E-state index in [1.54, 1.807) is 0 Å². The number of aliphatic imine (C=N–C) groups is 1. The first-order chi connectivity index (χ1) is 15.2. The number of nitrogens with one attached hydrogen (secondary N) is 2. The van der Waals surface area contributed by atoms with E-state index in [9.17, 15) is 4.79 Å². The second kappa shape index (κ2) is 10.4. The number of hydrogen-bond donors (Lipinski definition) is 2. The molecular formula is C25H33N5O. The lowest BCUT2D eigenvalue weighted by Crippen LogP contribution is -2.42. The van der Waals surface area contributed by atoms with Gasteiger partial charge in [-0.25, -0.2) is 4.99 Å². The van der Waals surface area contributed by atoms with Crippen molar-refractivity contribution in [3.05, 3.63) is 65.2 Å². The second-order valence-electron chi connectivity index (χ2n) is 8.23. The van der Waals surface area contributed by atoms with Crippen molar-refractivity contribution in [2.24, 2.45) is 4.99 Å². The minimum absolute atomic E-state index is 0.224. The van der Waals surface area contributed by atoms with Crippen LogP contribution in [0.2, 0.25) is 0 Å². The Labute approximate surface area is 185 Å². The molecule has 164 valence electrons. The van der Waals surface area contributed by atoms with E-state index in [0.717, 1.165) is 69.3 Å². The van der Waals surface area contributed by atoms with Gasteiger partial charge in [0.05, 0.1) is 6.54 Å². The lowest BCUT2D eigenvalue weighted by molar-refractivity contribution is -0.117. The Hall–Kier alpha value is -2.86. The van der Waals surface area contributed by atoms with Crippen LogP contribution < -0.4 is 15.5 Å². The van der Waals surface area contributed by atoms with Crippen molar-refractivity contribution in [2.75, 3.05) is 37.6 Å². The van der Waals surface area contributed by atoms with E-state index in [1.165, 1.54) is 11.1 Å². The molecule has 31 heavy (non-hydrogen) atoms. The molecule has 2 N–H and O–H groups in total. The van der Waals surface area contributed by atoms with Gasteiger partial charge in [0, 0.05) is 51.4 Å². The molecule has 0 saturated carbocycles. The van der Waals surface area contributed by atoms with Crippen molar-refractivity contribution in [3.8, 4) is 0 Å². The van der Waals surface area contributed by atoms with E-state index in [2.05, 4.69) is 58.9 Å². The fraction of sp³-hybridized carbons (Fsp3) is 0.440. The zero-order valence-corrected chi connectivity index (χ0v) is 18.4. The summed E-state index contributed by atoms with van der Waals surface area (Å²) < 4.78 is 0. The first-order valence-electron chi connectivity index (χ1n) is 11.4. The van der Waals surface area contributed by atoms with Gasteiger partial charge in [-0.1, -0.05) is 36.4 Å². The van der Waals surface area contributed by atoms with E-state index >= 15 is 0 Å². The average molecular weight is 420 g/mol. The van der Waals surface area contributed by atoms with E-state index in [4.69, 9.17) is 4.99 Å². The number of guanidine groups is 1. The van der Waals surface area contributed by atoms with Crippen LogP contribution in [0.5, 0.6) is 0 Å². The molecule has 0 bridgehead atoms. The number of benzene rings is 2. The summed E-state index contributed by atoms with van der Waals surface area (Å²) in [5, 5.41) is 6.80. The number of amides is 1. The summed E-state index contributed by atoms with van der Waals surface area (Å²) in [6.45, 7) is 8.35. The third-order valence-electron chi connectivity index (χ3n) is 6.02. The van der Waals surface area contributed by atoms with Crippen LogP contribution in [0.25, 0.3) is 0 Å². The van der Waals surface area contributed by atoms with Gasteiger partial charge >= 0.3 is 0 Å². The standard InChI is InChI=1S/C25H33N5O/c1-2-26-25(27-14-17-29-16-13-21-6-3-4-7-22(21)19-29)28-18-20-9-11-23(12-10-20)30-15-5-8-24(30)31/h3-4,6-7,9-12H,2,5,8,13-19H2,1H3,(H2,26,27,28). The fourth-order valence-corrected chi connectivity index (χ4v) is 4.29. The molecule has 0 aliphatic carbocycles. The van der Waals surface area contributed by atoms with Gasteiger partial charge in [0.15, 0.2) is 5.96 Å². The molecule has 0 unspecified atom stereocenters. The summed E-state index contributed by atoms with van der Waals surface area (Å²) in [6, 6.07) is 17.0. The number of nitrogens with zero attached hydrogens (tertiary/aromatic N) is 3. The third kappa shape index (κ3) is 5.64. The third-order valence-corrected chi connectivity index (χ3v) is 6.02. The molecule has 2 aliphatic heterocycles. The summed E-state index contributed by atoms with van der Waals surface area (Å²) in [6.07, 6.45) is 2.74. The number of anilines is 1. The Kier molecular flexibility index (Phi) is 7.20. The SMILES string of the molecule is CCNC(=NCc1ccc(N2CCCC2=O)cc1)NCCN1CCc2ccccc2C1. The maximum absolute atomic E-state index is 11.9. The Morgan fingerprint density at radius 1 is 1.00 bits per heavy atom. The maximum Gasteiger partial charge on any atom is 0.227 e. The van der Waals surface area contributed by atoms with Crippen LogP contribution >= 0.6 is 0 Å². The number of fused-ring (bicyclic) bond motifs is 1. The molecule has 6 nitrogen and oxygen atoms in total. The van der Waals surface area contributed by atoms with E-state index < -0.39 is 0 Å². The maximum atomic E-state index is 11.9. The molecule has 0 aromatic heterocycles. The van der Waals surface area contributed by atoms with Crippen LogP contribution in [0.15, 0.2) is 53.5 Å². The molecule has 6 heteroatoms. The molecule has 2 aromatic carbocycles. The van der Waals surface area contributed by atoms with Crippen LogP contribution in [-0.2, 0) is 24.3 Å². The van der Waals surface area contributed by atoms with Crippen molar-refractivity contribution in [2.45, 2.75) is 39.3 Å². The van der Waals surface area contributed by atoms with Crippen LogP contribution in [0.4, 0.5) is 5.69 Å². The molecule has 0 radical (unpaired) electrons. The quantitative estimate of drug-likeness (QED) is 0.535. The van der Waals surface area contributed by atoms with Gasteiger partial charge in [0.2, 0.25) is 5.91 Å². The normalized spacial score (nSPS) is 17.0. The van der Waals surface area contributed by atoms with Crippen LogP contribution in [0.1, 0.15) is 36.5 Å². The van der Waals surface area contributed by atoms with Crippen LogP contribution in [-0.4, -0.2) is 49.5 Å². The van der Waals surface area contributed by atoms with Crippen molar-refractivity contribution in [1.29, 1.82) is 0 Å². The van der Waals surface area contributed by atoms with Gasteiger partial charge in [-0.3, -0.25) is 9.69 Å². The number of hydrogen-bond acceptors (Lipinski definition) is 3. The predicted octanol–water partition coefficient (Wildman–Crippen LogP) is 2.93. The molecule has 1 fully saturated rings. The molecule has 2 aliphatic rings. The highest BCUT2D eigenvalue weighted by atomic mass is 16.2. The van der Waals surface area contributed by atoms with E-state index in [1.807, 2.05) is 17.0 Å². The number of rotatable bonds is 7. The largest absolute Gasteiger partial charge is 0.357 e. The minimum Gasteiger partial charge on any atom is -0.357 e. The highest BCUT2D eigenvalue weighted by Gasteiger charge is 2.21. The predicted molar refractivity (Wildman–Crippen MR) is 126 cm³/mol. The number of carbonyl (C=O) groups excluding carboxylic acids is 1. The smallest absolute Gasteiger partial charge is 0.227 e. The van der Waals surface area contributed by atoms with Gasteiger partial charge in [-0.2, -0.15) is 0 Å². The summed E-state index contributed by atoms with van der Waals surface area (Å²) in [7, 11) is 0. The Morgan fingerprint density at radius 3 is 2.55 bits per heavy atom. The highest BCUT2D eigenvalue weighted by Crippen LogP contribution is 2.22. The zero-order valence-electron chi connectivity index (χ0n) is 18.4. The molecule has 0 atom stereocenters. The molecule has 0 spiro atoms. The monoisotopic (exact) mass is 419 g/mol. The average Bonchev–Trinajstić information content (AvgIpc) is 3.23. The molecule has 1 saturated heterocycles.